The van der Waals surface area contributed by atoms with E-state index in [4.69, 9.17) is 18.9 Å². The van der Waals surface area contributed by atoms with Gasteiger partial charge in [-0.05, 0) is 67.2 Å². The SMILES string of the molecule is CNS(=O)(=O)c1cc(NCc2cc(OC)c3c(c2)OCO3)cc(C(=O)Nc2ccc(OC)cc2)c1. The average molecular weight is 500 g/mol. The number of sulfonamides is 1. The van der Waals surface area contributed by atoms with Crippen LogP contribution < -0.4 is 34.3 Å². The number of rotatable bonds is 9. The Morgan fingerprint density at radius 2 is 1.74 bits per heavy atom. The molecule has 35 heavy (non-hydrogen) atoms. The average Bonchev–Trinajstić information content (AvgIpc) is 3.36. The minimum absolute atomic E-state index is 0.0480. The van der Waals surface area contributed by atoms with Gasteiger partial charge in [-0.1, -0.05) is 0 Å². The maximum Gasteiger partial charge on any atom is 0.255 e. The molecule has 4 rings (SSSR count). The van der Waals surface area contributed by atoms with Gasteiger partial charge in [0, 0.05) is 23.5 Å². The van der Waals surface area contributed by atoms with Gasteiger partial charge in [0.15, 0.2) is 11.5 Å². The molecule has 0 atom stereocenters. The van der Waals surface area contributed by atoms with E-state index in [0.717, 1.165) is 5.56 Å². The molecule has 11 heteroatoms. The highest BCUT2D eigenvalue weighted by Gasteiger charge is 2.21. The Kier molecular flexibility index (Phi) is 6.99. The van der Waals surface area contributed by atoms with Crippen LogP contribution in [0, 0.1) is 0 Å². The van der Waals surface area contributed by atoms with Crippen LogP contribution in [-0.4, -0.2) is 42.4 Å². The van der Waals surface area contributed by atoms with E-state index in [1.165, 1.54) is 26.3 Å². The second-order valence-corrected chi connectivity index (χ2v) is 9.41. The van der Waals surface area contributed by atoms with Crippen LogP contribution in [0.2, 0.25) is 0 Å². The number of carbonyl (C=O) groups is 1. The molecule has 0 aromatic heterocycles. The molecule has 0 unspecified atom stereocenters. The van der Waals surface area contributed by atoms with Crippen LogP contribution in [-0.2, 0) is 16.6 Å². The van der Waals surface area contributed by atoms with Crippen LogP contribution in [0.25, 0.3) is 0 Å². The van der Waals surface area contributed by atoms with E-state index < -0.39 is 15.9 Å². The summed E-state index contributed by atoms with van der Waals surface area (Å²) in [6.45, 7) is 0.425. The quantitative estimate of drug-likeness (QED) is 0.410. The maximum atomic E-state index is 12.9. The van der Waals surface area contributed by atoms with Gasteiger partial charge in [0.05, 0.1) is 19.1 Å². The number of nitrogens with one attached hydrogen (secondary N) is 3. The minimum atomic E-state index is -3.80. The lowest BCUT2D eigenvalue weighted by Gasteiger charge is -2.13. The molecule has 1 amide bonds. The standard InChI is InChI=1S/C24H25N3O7S/c1-25-35(29,30)20-11-16(24(28)27-17-4-6-19(31-2)7-5-17)10-18(12-20)26-13-15-8-21(32-3)23-22(9-15)33-14-34-23/h4-12,25-26H,13-14H2,1-3H3,(H,27,28). The molecule has 0 saturated carbocycles. The zero-order valence-electron chi connectivity index (χ0n) is 19.4. The Hall–Kier alpha value is -3.96. The van der Waals surface area contributed by atoms with Crippen molar-refractivity contribution in [1.29, 1.82) is 0 Å². The van der Waals surface area contributed by atoms with Gasteiger partial charge in [-0.15, -0.1) is 0 Å². The number of fused-ring (bicyclic) bond motifs is 1. The molecule has 3 aromatic carbocycles. The fourth-order valence-corrected chi connectivity index (χ4v) is 4.27. The van der Waals surface area contributed by atoms with Gasteiger partial charge in [0.2, 0.25) is 22.6 Å². The Labute approximate surface area is 203 Å². The molecule has 0 radical (unpaired) electrons. The molecule has 1 aliphatic heterocycles. The molecule has 10 nitrogen and oxygen atoms in total. The molecule has 1 heterocycles. The number of methoxy groups -OCH3 is 2. The van der Waals surface area contributed by atoms with Gasteiger partial charge in [-0.2, -0.15) is 0 Å². The predicted octanol–water partition coefficient (Wildman–Crippen LogP) is 3.21. The molecule has 3 aromatic rings. The Morgan fingerprint density at radius 3 is 2.43 bits per heavy atom. The first-order valence-corrected chi connectivity index (χ1v) is 12.1. The number of hydrogen-bond acceptors (Lipinski definition) is 8. The smallest absolute Gasteiger partial charge is 0.255 e. The monoisotopic (exact) mass is 499 g/mol. The highest BCUT2D eigenvalue weighted by atomic mass is 32.2. The zero-order valence-corrected chi connectivity index (χ0v) is 20.2. The molecule has 0 bridgehead atoms. The van der Waals surface area contributed by atoms with E-state index in [0.29, 0.717) is 40.9 Å². The maximum absolute atomic E-state index is 12.9. The van der Waals surface area contributed by atoms with E-state index in [9.17, 15) is 13.2 Å². The van der Waals surface area contributed by atoms with Gasteiger partial charge in [0.25, 0.3) is 5.91 Å². The molecule has 0 aliphatic carbocycles. The van der Waals surface area contributed by atoms with Crippen LogP contribution in [0.5, 0.6) is 23.0 Å². The van der Waals surface area contributed by atoms with Crippen LogP contribution >= 0.6 is 0 Å². The molecule has 1 aliphatic rings. The summed E-state index contributed by atoms with van der Waals surface area (Å²) < 4.78 is 48.7. The van der Waals surface area contributed by atoms with Crippen molar-refractivity contribution in [3.63, 3.8) is 0 Å². The lowest BCUT2D eigenvalue weighted by atomic mass is 10.1. The number of ether oxygens (including phenoxy) is 4. The highest BCUT2D eigenvalue weighted by Crippen LogP contribution is 2.42. The summed E-state index contributed by atoms with van der Waals surface area (Å²) in [5, 5.41) is 5.94. The lowest BCUT2D eigenvalue weighted by Crippen LogP contribution is -2.20. The Bertz CT molecular complexity index is 1340. The number of benzene rings is 3. The van der Waals surface area contributed by atoms with Crippen LogP contribution in [0.1, 0.15) is 15.9 Å². The topological polar surface area (TPSA) is 124 Å². The summed E-state index contributed by atoms with van der Waals surface area (Å²) in [6, 6.07) is 14.8. The van der Waals surface area contributed by atoms with E-state index in [2.05, 4.69) is 15.4 Å². The lowest BCUT2D eigenvalue weighted by molar-refractivity contribution is 0.102. The van der Waals surface area contributed by atoms with E-state index in [-0.39, 0.29) is 17.3 Å². The van der Waals surface area contributed by atoms with Crippen molar-refractivity contribution >= 4 is 27.3 Å². The summed E-state index contributed by atoms with van der Waals surface area (Å²) in [5.74, 6) is 1.82. The third-order valence-corrected chi connectivity index (χ3v) is 6.70. The van der Waals surface area contributed by atoms with E-state index in [1.54, 1.807) is 43.5 Å². The van der Waals surface area contributed by atoms with E-state index in [1.807, 2.05) is 6.07 Å². The van der Waals surface area contributed by atoms with Crippen molar-refractivity contribution in [1.82, 2.24) is 4.72 Å². The summed E-state index contributed by atoms with van der Waals surface area (Å²) in [7, 11) is 0.595. The molecule has 184 valence electrons. The second-order valence-electron chi connectivity index (χ2n) is 7.52. The summed E-state index contributed by atoms with van der Waals surface area (Å²) in [6.07, 6.45) is 0. The molecular weight excluding hydrogens is 474 g/mol. The van der Waals surface area contributed by atoms with Crippen molar-refractivity contribution in [2.75, 3.05) is 38.7 Å². The van der Waals surface area contributed by atoms with Gasteiger partial charge in [0.1, 0.15) is 5.75 Å². The Balaban J connectivity index is 1.60. The zero-order chi connectivity index (χ0) is 25.0. The van der Waals surface area contributed by atoms with Gasteiger partial charge >= 0.3 is 0 Å². The first-order chi connectivity index (χ1) is 16.8. The summed E-state index contributed by atoms with van der Waals surface area (Å²) in [5.41, 5.74) is 1.97. The first-order valence-electron chi connectivity index (χ1n) is 10.6. The third kappa shape index (κ3) is 5.42. The van der Waals surface area contributed by atoms with Gasteiger partial charge in [-0.25, -0.2) is 13.1 Å². The molecule has 3 N–H and O–H groups in total. The largest absolute Gasteiger partial charge is 0.497 e. The first kappa shape index (κ1) is 24.2. The van der Waals surface area contributed by atoms with Crippen LogP contribution in [0.4, 0.5) is 11.4 Å². The summed E-state index contributed by atoms with van der Waals surface area (Å²) >= 11 is 0. The predicted molar refractivity (Wildman–Crippen MR) is 130 cm³/mol. The minimum Gasteiger partial charge on any atom is -0.497 e. The normalized spacial score (nSPS) is 12.2. The van der Waals surface area contributed by atoms with Crippen molar-refractivity contribution in [3.8, 4) is 23.0 Å². The van der Waals surface area contributed by atoms with Crippen LogP contribution in [0.3, 0.4) is 0 Å². The van der Waals surface area contributed by atoms with Gasteiger partial charge in [-0.3, -0.25) is 4.79 Å². The number of hydrogen-bond donors (Lipinski definition) is 3. The molecule has 0 spiro atoms. The number of anilines is 2. The number of amides is 1. The van der Waals surface area contributed by atoms with Crippen molar-refractivity contribution in [2.45, 2.75) is 11.4 Å². The fourth-order valence-electron chi connectivity index (χ4n) is 3.47. The van der Waals surface area contributed by atoms with Crippen molar-refractivity contribution < 1.29 is 32.2 Å². The molecule has 0 saturated heterocycles. The number of carbonyl (C=O) groups excluding carboxylic acids is 1. The van der Waals surface area contributed by atoms with Gasteiger partial charge < -0.3 is 29.6 Å². The third-order valence-electron chi connectivity index (χ3n) is 5.31. The van der Waals surface area contributed by atoms with E-state index >= 15 is 0 Å². The van der Waals surface area contributed by atoms with Crippen molar-refractivity contribution in [3.05, 3.63) is 65.7 Å². The summed E-state index contributed by atoms with van der Waals surface area (Å²) in [4.78, 5) is 12.9. The molecule has 0 fully saturated rings. The highest BCUT2D eigenvalue weighted by molar-refractivity contribution is 7.89. The molecular formula is C24H25N3O7S. The Morgan fingerprint density at radius 1 is 0.971 bits per heavy atom. The second kappa shape index (κ2) is 10.1. The fraction of sp³-hybridized carbons (Fsp3) is 0.208. The van der Waals surface area contributed by atoms with Crippen molar-refractivity contribution in [2.24, 2.45) is 0 Å². The van der Waals surface area contributed by atoms with Crippen LogP contribution in [0.15, 0.2) is 59.5 Å².